The van der Waals surface area contributed by atoms with Crippen LogP contribution in [0.5, 0.6) is 5.75 Å². The molecule has 2 aliphatic heterocycles. The number of aliphatic hydroxyl groups is 1. The molecule has 5 unspecified atom stereocenters. The Bertz CT molecular complexity index is 639. The number of carbonyl (C=O) groups is 1. The third-order valence-electron chi connectivity index (χ3n) is 4.99. The molecular weight excluding hydrogens is 348 g/mol. The van der Waals surface area contributed by atoms with Gasteiger partial charge in [0.15, 0.2) is 0 Å². The fourth-order valence-electron chi connectivity index (χ4n) is 3.79. The van der Waals surface area contributed by atoms with Crippen LogP contribution in [-0.4, -0.2) is 61.2 Å². The van der Waals surface area contributed by atoms with Gasteiger partial charge in [-0.25, -0.2) is 0 Å². The molecule has 27 heavy (non-hydrogen) atoms. The average molecular weight is 378 g/mol. The molecule has 0 aromatic heterocycles. The number of aliphatic hydroxyl groups excluding tert-OH is 1. The maximum Gasteiger partial charge on any atom is 0.222 e. The van der Waals surface area contributed by atoms with Crippen molar-refractivity contribution in [1.29, 1.82) is 0 Å². The molecule has 3 rings (SSSR count). The Morgan fingerprint density at radius 2 is 2.11 bits per heavy atom. The van der Waals surface area contributed by atoms with Gasteiger partial charge < -0.3 is 30.0 Å². The highest BCUT2D eigenvalue weighted by atomic mass is 16.6. The first-order chi connectivity index (χ1) is 13.0. The molecule has 0 spiro atoms. The van der Waals surface area contributed by atoms with Crippen molar-refractivity contribution in [3.05, 3.63) is 29.8 Å². The first-order valence-electron chi connectivity index (χ1n) is 9.59. The number of ether oxygens (including phenoxy) is 3. The predicted octanol–water partition coefficient (Wildman–Crippen LogP) is 0.985. The van der Waals surface area contributed by atoms with Crippen LogP contribution in [0.15, 0.2) is 24.3 Å². The first kappa shape index (κ1) is 20.1. The van der Waals surface area contributed by atoms with Crippen LogP contribution in [0.2, 0.25) is 0 Å². The van der Waals surface area contributed by atoms with E-state index in [9.17, 15) is 9.90 Å². The van der Waals surface area contributed by atoms with Crippen LogP contribution in [0.3, 0.4) is 0 Å². The van der Waals surface area contributed by atoms with Crippen LogP contribution < -0.4 is 15.4 Å². The number of hydrogen-bond acceptors (Lipinski definition) is 6. The van der Waals surface area contributed by atoms with E-state index in [1.807, 2.05) is 38.1 Å². The van der Waals surface area contributed by atoms with Crippen molar-refractivity contribution in [2.24, 2.45) is 0 Å². The lowest BCUT2D eigenvalue weighted by Crippen LogP contribution is -2.39. The van der Waals surface area contributed by atoms with Crippen LogP contribution in [0.1, 0.15) is 32.3 Å². The molecule has 7 heteroatoms. The highest BCUT2D eigenvalue weighted by Crippen LogP contribution is 2.35. The molecule has 0 saturated carbocycles. The number of carbonyl (C=O) groups excluding carboxylic acids is 1. The summed E-state index contributed by atoms with van der Waals surface area (Å²) in [6, 6.07) is 7.93. The molecule has 150 valence electrons. The molecule has 5 atom stereocenters. The second-order valence-corrected chi connectivity index (χ2v) is 7.53. The van der Waals surface area contributed by atoms with Crippen LogP contribution in [0.4, 0.5) is 0 Å². The van der Waals surface area contributed by atoms with E-state index in [0.29, 0.717) is 25.9 Å². The molecule has 0 radical (unpaired) electrons. The molecule has 1 aromatic carbocycles. The van der Waals surface area contributed by atoms with Gasteiger partial charge in [-0.05, 0) is 19.9 Å². The number of amides is 1. The number of methoxy groups -OCH3 is 1. The number of nitrogens with one attached hydrogen (secondary N) is 2. The van der Waals surface area contributed by atoms with Crippen molar-refractivity contribution >= 4 is 5.91 Å². The van der Waals surface area contributed by atoms with E-state index < -0.39 is 6.10 Å². The van der Waals surface area contributed by atoms with Crippen molar-refractivity contribution in [1.82, 2.24) is 10.6 Å². The van der Waals surface area contributed by atoms with Crippen LogP contribution in [-0.2, 0) is 20.8 Å². The summed E-state index contributed by atoms with van der Waals surface area (Å²) in [5.41, 5.74) is 1.06. The summed E-state index contributed by atoms with van der Waals surface area (Å²) in [4.78, 5) is 11.9. The monoisotopic (exact) mass is 378 g/mol. The zero-order chi connectivity index (χ0) is 19.4. The highest BCUT2D eigenvalue weighted by molar-refractivity contribution is 5.76. The van der Waals surface area contributed by atoms with Gasteiger partial charge in [0.1, 0.15) is 18.0 Å². The van der Waals surface area contributed by atoms with E-state index in [4.69, 9.17) is 14.2 Å². The molecule has 1 amide bonds. The van der Waals surface area contributed by atoms with Crippen molar-refractivity contribution in [2.45, 2.75) is 69.8 Å². The summed E-state index contributed by atoms with van der Waals surface area (Å²) in [6.45, 7) is 5.01. The normalized spacial score (nSPS) is 29.7. The van der Waals surface area contributed by atoms with E-state index in [2.05, 4.69) is 10.6 Å². The minimum absolute atomic E-state index is 0.0283. The summed E-state index contributed by atoms with van der Waals surface area (Å²) in [7, 11) is 1.65. The zero-order valence-corrected chi connectivity index (χ0v) is 16.2. The smallest absolute Gasteiger partial charge is 0.222 e. The number of para-hydroxylation sites is 1. The summed E-state index contributed by atoms with van der Waals surface area (Å²) in [5.74, 6) is 0.806. The Morgan fingerprint density at radius 3 is 2.81 bits per heavy atom. The molecule has 2 fully saturated rings. The van der Waals surface area contributed by atoms with Crippen molar-refractivity contribution in [2.75, 3.05) is 13.7 Å². The van der Waals surface area contributed by atoms with Crippen molar-refractivity contribution in [3.8, 4) is 5.75 Å². The van der Waals surface area contributed by atoms with Gasteiger partial charge in [0.05, 0.1) is 31.8 Å². The molecule has 0 aliphatic carbocycles. The van der Waals surface area contributed by atoms with Gasteiger partial charge in [-0.1, -0.05) is 18.2 Å². The Kier molecular flexibility index (Phi) is 6.70. The average Bonchev–Trinajstić information content (AvgIpc) is 3.13. The van der Waals surface area contributed by atoms with Gasteiger partial charge in [0.25, 0.3) is 0 Å². The predicted molar refractivity (Wildman–Crippen MR) is 101 cm³/mol. The summed E-state index contributed by atoms with van der Waals surface area (Å²) in [5, 5.41) is 16.7. The maximum atomic E-state index is 11.9. The molecule has 3 N–H and O–H groups in total. The Labute approximate surface area is 160 Å². The second-order valence-electron chi connectivity index (χ2n) is 7.53. The molecule has 7 nitrogen and oxygen atoms in total. The first-order valence-corrected chi connectivity index (χ1v) is 9.59. The summed E-state index contributed by atoms with van der Waals surface area (Å²) in [6.07, 6.45) is -0.794. The van der Waals surface area contributed by atoms with Gasteiger partial charge in [0.2, 0.25) is 5.91 Å². The molecule has 2 saturated heterocycles. The van der Waals surface area contributed by atoms with Crippen molar-refractivity contribution in [3.63, 3.8) is 0 Å². The van der Waals surface area contributed by atoms with Gasteiger partial charge in [-0.15, -0.1) is 0 Å². The number of fused-ring (bicyclic) bond motifs is 1. The third-order valence-corrected chi connectivity index (χ3v) is 4.99. The molecule has 2 heterocycles. The number of hydrogen-bond donors (Lipinski definition) is 3. The Hall–Kier alpha value is -1.67. The van der Waals surface area contributed by atoms with Gasteiger partial charge in [0, 0.05) is 31.1 Å². The lowest BCUT2D eigenvalue weighted by atomic mass is 10.1. The highest BCUT2D eigenvalue weighted by Gasteiger charge is 2.50. The van der Waals surface area contributed by atoms with E-state index >= 15 is 0 Å². The SMILES string of the molecule is COc1ccccc1CNCC1OC2CC(CC(=O)NC(C)C)OC2C1O. The standard InChI is InChI=1S/C20H30N2O5/c1-12(2)22-18(23)9-14-8-16-20(26-14)19(24)17(27-16)11-21-10-13-6-4-5-7-15(13)25-3/h4-7,12,14,16-17,19-21,24H,8-11H2,1-3H3,(H,22,23). The molecule has 1 aromatic rings. The van der Waals surface area contributed by atoms with Crippen LogP contribution in [0.25, 0.3) is 0 Å². The number of rotatable bonds is 8. The minimum Gasteiger partial charge on any atom is -0.496 e. The van der Waals surface area contributed by atoms with E-state index in [1.54, 1.807) is 7.11 Å². The number of benzene rings is 1. The van der Waals surface area contributed by atoms with Gasteiger partial charge in [-0.2, -0.15) is 0 Å². The van der Waals surface area contributed by atoms with Crippen molar-refractivity contribution < 1.29 is 24.1 Å². The van der Waals surface area contributed by atoms with Crippen LogP contribution in [0, 0.1) is 0 Å². The lowest BCUT2D eigenvalue weighted by Gasteiger charge is -2.20. The largest absolute Gasteiger partial charge is 0.496 e. The van der Waals surface area contributed by atoms with Gasteiger partial charge >= 0.3 is 0 Å². The Morgan fingerprint density at radius 1 is 1.33 bits per heavy atom. The fraction of sp³-hybridized carbons (Fsp3) is 0.650. The maximum absolute atomic E-state index is 11.9. The van der Waals surface area contributed by atoms with E-state index in [1.165, 1.54) is 0 Å². The lowest BCUT2D eigenvalue weighted by molar-refractivity contribution is -0.125. The molecule has 2 aliphatic rings. The van der Waals surface area contributed by atoms with E-state index in [-0.39, 0.29) is 36.4 Å². The zero-order valence-electron chi connectivity index (χ0n) is 16.2. The van der Waals surface area contributed by atoms with Crippen LogP contribution >= 0.6 is 0 Å². The third kappa shape index (κ3) is 4.99. The van der Waals surface area contributed by atoms with E-state index in [0.717, 1.165) is 11.3 Å². The summed E-state index contributed by atoms with van der Waals surface area (Å²) < 4.78 is 17.2. The fourth-order valence-corrected chi connectivity index (χ4v) is 3.79. The minimum atomic E-state index is -0.696. The molecule has 0 bridgehead atoms. The topological polar surface area (TPSA) is 89.1 Å². The quantitative estimate of drug-likeness (QED) is 0.625. The molecular formula is C20H30N2O5. The second kappa shape index (κ2) is 9.01. The summed E-state index contributed by atoms with van der Waals surface area (Å²) >= 11 is 0. The van der Waals surface area contributed by atoms with Gasteiger partial charge in [-0.3, -0.25) is 4.79 Å². The Balaban J connectivity index is 1.44.